The molecule has 1 aromatic carbocycles. The van der Waals surface area contributed by atoms with E-state index in [1.165, 1.54) is 11.3 Å². The third kappa shape index (κ3) is 3.70. The summed E-state index contributed by atoms with van der Waals surface area (Å²) in [5.41, 5.74) is 2.94. The largest absolute Gasteiger partial charge is 0.367 e. The maximum Gasteiger partial charge on any atom is 0.275 e. The van der Waals surface area contributed by atoms with Crippen molar-refractivity contribution in [1.82, 2.24) is 25.5 Å². The number of benzene rings is 1. The van der Waals surface area contributed by atoms with Gasteiger partial charge in [0.15, 0.2) is 10.9 Å². The molecule has 0 atom stereocenters. The van der Waals surface area contributed by atoms with Crippen LogP contribution < -0.4 is 20.9 Å². The van der Waals surface area contributed by atoms with Crippen LogP contribution in [-0.2, 0) is 0 Å². The van der Waals surface area contributed by atoms with Crippen LogP contribution in [0.15, 0.2) is 48.1 Å². The number of nitrogens with zero attached hydrogens (tertiary/aromatic N) is 4. The highest BCUT2D eigenvalue weighted by Gasteiger charge is 2.18. The summed E-state index contributed by atoms with van der Waals surface area (Å²) < 4.78 is 0. The lowest BCUT2D eigenvalue weighted by molar-refractivity contribution is 0.102. The van der Waals surface area contributed by atoms with E-state index in [2.05, 4.69) is 41.0 Å². The predicted octanol–water partition coefficient (Wildman–Crippen LogP) is 2.82. The zero-order valence-corrected chi connectivity index (χ0v) is 16.9. The van der Waals surface area contributed by atoms with Crippen molar-refractivity contribution in [2.75, 3.05) is 41.7 Å². The molecule has 1 saturated heterocycles. The van der Waals surface area contributed by atoms with Crippen molar-refractivity contribution in [2.24, 2.45) is 0 Å². The first-order valence-electron chi connectivity index (χ1n) is 9.64. The minimum absolute atomic E-state index is 0.268. The molecule has 10 heteroatoms. The number of carbonyl (C=O) groups excluding carboxylic acids is 1. The van der Waals surface area contributed by atoms with E-state index in [1.54, 1.807) is 17.8 Å². The summed E-state index contributed by atoms with van der Waals surface area (Å²) in [6.45, 7) is 3.60. The van der Waals surface area contributed by atoms with Gasteiger partial charge in [-0.1, -0.05) is 12.1 Å². The van der Waals surface area contributed by atoms with Crippen molar-refractivity contribution in [3.8, 4) is 0 Å². The van der Waals surface area contributed by atoms with Gasteiger partial charge in [0.25, 0.3) is 5.91 Å². The third-order valence-corrected chi connectivity index (χ3v) is 5.69. The molecule has 0 bridgehead atoms. The molecule has 5 rings (SSSR count). The molecule has 1 aliphatic rings. The first kappa shape index (κ1) is 18.5. The quantitative estimate of drug-likeness (QED) is 0.393. The molecule has 4 aromatic rings. The van der Waals surface area contributed by atoms with Gasteiger partial charge in [0, 0.05) is 43.1 Å². The molecular weight excluding hydrogens is 400 g/mol. The molecule has 0 spiro atoms. The summed E-state index contributed by atoms with van der Waals surface area (Å²) in [5, 5.41) is 20.0. The summed E-state index contributed by atoms with van der Waals surface area (Å²) >= 11 is 1.36. The number of carbonyl (C=O) groups is 1. The predicted molar refractivity (Wildman–Crippen MR) is 119 cm³/mol. The Morgan fingerprint density at radius 3 is 2.93 bits per heavy atom. The van der Waals surface area contributed by atoms with E-state index in [9.17, 15) is 4.79 Å². The lowest BCUT2D eigenvalue weighted by atomic mass is 10.2. The van der Waals surface area contributed by atoms with Crippen molar-refractivity contribution < 1.29 is 4.79 Å². The molecule has 4 N–H and O–H groups in total. The zero-order valence-electron chi connectivity index (χ0n) is 16.1. The molecule has 4 heterocycles. The number of anilines is 4. The fraction of sp³-hybridized carbons (Fsp3) is 0.200. The lowest BCUT2D eigenvalue weighted by Gasteiger charge is -2.30. The number of fused-ring (bicyclic) bond motifs is 1. The highest BCUT2D eigenvalue weighted by Crippen LogP contribution is 2.28. The third-order valence-electron chi connectivity index (χ3n) is 4.94. The van der Waals surface area contributed by atoms with Gasteiger partial charge in [-0.05, 0) is 18.2 Å². The van der Waals surface area contributed by atoms with Gasteiger partial charge in [0.1, 0.15) is 5.69 Å². The number of para-hydroxylation sites is 1. The number of hydrogen-bond donors (Lipinski definition) is 4. The first-order chi connectivity index (χ1) is 14.8. The highest BCUT2D eigenvalue weighted by molar-refractivity contribution is 7.14. The summed E-state index contributed by atoms with van der Waals surface area (Å²) in [4.78, 5) is 23.6. The van der Waals surface area contributed by atoms with Gasteiger partial charge in [-0.15, -0.1) is 11.3 Å². The summed E-state index contributed by atoms with van der Waals surface area (Å²) in [5.74, 6) is 0.413. The van der Waals surface area contributed by atoms with Gasteiger partial charge in [-0.2, -0.15) is 5.10 Å². The van der Waals surface area contributed by atoms with Crippen molar-refractivity contribution in [3.63, 3.8) is 0 Å². The Morgan fingerprint density at radius 1 is 1.17 bits per heavy atom. The van der Waals surface area contributed by atoms with E-state index in [1.807, 2.05) is 30.3 Å². The lowest BCUT2D eigenvalue weighted by Crippen LogP contribution is -2.43. The van der Waals surface area contributed by atoms with E-state index >= 15 is 0 Å². The Kier molecular flexibility index (Phi) is 4.99. The van der Waals surface area contributed by atoms with Crippen LogP contribution in [0.25, 0.3) is 10.9 Å². The first-order valence-corrected chi connectivity index (χ1v) is 10.5. The van der Waals surface area contributed by atoms with E-state index in [-0.39, 0.29) is 5.91 Å². The van der Waals surface area contributed by atoms with Crippen LogP contribution in [0.4, 0.5) is 22.3 Å². The van der Waals surface area contributed by atoms with Crippen molar-refractivity contribution >= 4 is 50.5 Å². The van der Waals surface area contributed by atoms with E-state index in [4.69, 9.17) is 0 Å². The molecule has 0 aliphatic carbocycles. The van der Waals surface area contributed by atoms with Crippen molar-refractivity contribution in [2.45, 2.75) is 0 Å². The Balaban J connectivity index is 1.32. The molecule has 0 unspecified atom stereocenters. The van der Waals surface area contributed by atoms with Crippen LogP contribution in [0.3, 0.4) is 0 Å². The number of hydrogen-bond acceptors (Lipinski definition) is 8. The van der Waals surface area contributed by atoms with E-state index < -0.39 is 0 Å². The molecule has 3 aromatic heterocycles. The Morgan fingerprint density at radius 2 is 2.03 bits per heavy atom. The minimum Gasteiger partial charge on any atom is -0.367 e. The number of aromatic nitrogens is 4. The average molecular weight is 421 g/mol. The molecule has 0 saturated carbocycles. The van der Waals surface area contributed by atoms with Crippen LogP contribution >= 0.6 is 11.3 Å². The second-order valence-electron chi connectivity index (χ2n) is 6.86. The number of thiazole rings is 1. The van der Waals surface area contributed by atoms with E-state index in [0.717, 1.165) is 42.8 Å². The van der Waals surface area contributed by atoms with Crippen molar-refractivity contribution in [1.29, 1.82) is 0 Å². The molecule has 30 heavy (non-hydrogen) atoms. The second-order valence-corrected chi connectivity index (χ2v) is 7.72. The Labute approximate surface area is 176 Å². The Hall–Kier alpha value is -3.50. The number of H-pyrrole nitrogens is 1. The number of amides is 1. The maximum absolute atomic E-state index is 12.8. The van der Waals surface area contributed by atoms with Crippen molar-refractivity contribution in [3.05, 3.63) is 53.8 Å². The van der Waals surface area contributed by atoms with Crippen LogP contribution in [0.2, 0.25) is 0 Å². The standard InChI is InChI=1S/C20H20N8OS/c29-19(23-15-11-22-6-5-17(15)28-9-7-21-8-10-28)16-12-30-20(24-16)25-18-13-3-1-2-4-14(13)26-27-18/h1-6,11-12,21H,7-10H2,(H,23,29)(H2,24,25,26,27). The molecule has 1 aliphatic heterocycles. The zero-order chi connectivity index (χ0) is 20.3. The number of nitrogens with one attached hydrogen (secondary N) is 4. The minimum atomic E-state index is -0.268. The number of aromatic amines is 1. The monoisotopic (exact) mass is 420 g/mol. The topological polar surface area (TPSA) is 111 Å². The Bertz CT molecular complexity index is 1180. The summed E-state index contributed by atoms with van der Waals surface area (Å²) in [6.07, 6.45) is 3.42. The highest BCUT2D eigenvalue weighted by atomic mass is 32.1. The normalized spacial score (nSPS) is 14.1. The van der Waals surface area contributed by atoms with Gasteiger partial charge in [0.05, 0.1) is 23.1 Å². The molecule has 1 amide bonds. The van der Waals surface area contributed by atoms with Crippen LogP contribution in [0.1, 0.15) is 10.5 Å². The van der Waals surface area contributed by atoms with Gasteiger partial charge in [0.2, 0.25) is 0 Å². The summed E-state index contributed by atoms with van der Waals surface area (Å²) in [6, 6.07) is 9.76. The fourth-order valence-electron chi connectivity index (χ4n) is 3.45. The second kappa shape index (κ2) is 8.09. The van der Waals surface area contributed by atoms with Crippen LogP contribution in [-0.4, -0.2) is 52.3 Å². The van der Waals surface area contributed by atoms with E-state index in [0.29, 0.717) is 22.3 Å². The smallest absolute Gasteiger partial charge is 0.275 e. The number of pyridine rings is 1. The molecule has 9 nitrogen and oxygen atoms in total. The molecule has 1 fully saturated rings. The summed E-state index contributed by atoms with van der Waals surface area (Å²) in [7, 11) is 0. The van der Waals surface area contributed by atoms with Gasteiger partial charge in [-0.3, -0.25) is 14.9 Å². The fourth-order valence-corrected chi connectivity index (χ4v) is 4.14. The number of rotatable bonds is 5. The average Bonchev–Trinajstić information content (AvgIpc) is 3.43. The van der Waals surface area contributed by atoms with Crippen LogP contribution in [0.5, 0.6) is 0 Å². The molecular formula is C20H20N8OS. The molecule has 0 radical (unpaired) electrons. The maximum atomic E-state index is 12.8. The van der Waals surface area contributed by atoms with Crippen LogP contribution in [0, 0.1) is 0 Å². The molecule has 152 valence electrons. The van der Waals surface area contributed by atoms with Gasteiger partial charge < -0.3 is 20.9 Å². The SMILES string of the molecule is O=C(Nc1cnccc1N1CCNCC1)c1csc(Nc2n[nH]c3ccccc23)n1. The van der Waals surface area contributed by atoms with Gasteiger partial charge >= 0.3 is 0 Å². The number of piperazine rings is 1. The van der Waals surface area contributed by atoms with Gasteiger partial charge in [-0.25, -0.2) is 4.98 Å².